The van der Waals surface area contributed by atoms with E-state index in [-0.39, 0.29) is 5.69 Å². The number of nitrogens with one attached hydrogen (secondary N) is 2. The smallest absolute Gasteiger partial charge is 0.328 e. The van der Waals surface area contributed by atoms with E-state index in [1.54, 1.807) is 4.57 Å². The molecular weight excluding hydrogens is 452 g/mol. The number of unbranched alkanes of at least 4 members (excludes halogenated alkanes) is 1. The number of rotatable bonds is 9. The van der Waals surface area contributed by atoms with Gasteiger partial charge in [-0.1, -0.05) is 37.6 Å². The molecule has 36 heavy (non-hydrogen) atoms. The third kappa shape index (κ3) is 5.81. The predicted molar refractivity (Wildman–Crippen MR) is 142 cm³/mol. The highest BCUT2D eigenvalue weighted by molar-refractivity contribution is 5.73. The van der Waals surface area contributed by atoms with Crippen LogP contribution in [0.4, 0.5) is 0 Å². The molecule has 2 aliphatic rings. The molecule has 0 atom stereocenters. The van der Waals surface area contributed by atoms with Gasteiger partial charge in [0.25, 0.3) is 0 Å². The van der Waals surface area contributed by atoms with E-state index >= 15 is 0 Å². The average molecular weight is 493 g/mol. The summed E-state index contributed by atoms with van der Waals surface area (Å²) in [7, 11) is 0. The van der Waals surface area contributed by atoms with Gasteiger partial charge in [0, 0.05) is 6.54 Å². The molecule has 0 radical (unpaired) electrons. The highest BCUT2D eigenvalue weighted by Crippen LogP contribution is 2.31. The van der Waals surface area contributed by atoms with Crippen molar-refractivity contribution in [2.45, 2.75) is 65.5 Å². The highest BCUT2D eigenvalue weighted by atomic mass is 16.5. The molecule has 0 bridgehead atoms. The van der Waals surface area contributed by atoms with E-state index in [4.69, 9.17) is 4.74 Å². The highest BCUT2D eigenvalue weighted by Gasteiger charge is 2.27. The zero-order valence-electron chi connectivity index (χ0n) is 21.8. The minimum Gasteiger partial charge on any atom is -0.463 e. The quantitative estimate of drug-likeness (QED) is 0.441. The van der Waals surface area contributed by atoms with Crippen molar-refractivity contribution >= 4 is 11.2 Å². The summed E-state index contributed by atoms with van der Waals surface area (Å²) >= 11 is 0. The molecule has 0 amide bonds. The van der Waals surface area contributed by atoms with Crippen LogP contribution in [0.1, 0.15) is 62.3 Å². The number of aryl methyl sites for hydroxylation is 1. The lowest BCUT2D eigenvalue weighted by Gasteiger charge is -2.37. The Kier molecular flexibility index (Phi) is 8.02. The third-order valence-electron chi connectivity index (χ3n) is 7.96. The summed E-state index contributed by atoms with van der Waals surface area (Å²) in [5.74, 6) is 1.83. The molecule has 2 aliphatic heterocycles. The Bertz CT molecular complexity index is 1190. The molecule has 1 aromatic carbocycles. The van der Waals surface area contributed by atoms with E-state index in [1.165, 1.54) is 57.4 Å². The molecule has 0 spiro atoms. The van der Waals surface area contributed by atoms with E-state index in [0.717, 1.165) is 42.5 Å². The van der Waals surface area contributed by atoms with E-state index in [2.05, 4.69) is 56.4 Å². The minimum absolute atomic E-state index is 0.172. The van der Waals surface area contributed by atoms with Gasteiger partial charge in [-0.05, 0) is 88.2 Å². The maximum Gasteiger partial charge on any atom is 0.328 e. The second-order valence-corrected chi connectivity index (χ2v) is 10.5. The summed E-state index contributed by atoms with van der Waals surface area (Å²) in [6.45, 7) is 10.8. The van der Waals surface area contributed by atoms with E-state index in [0.29, 0.717) is 30.3 Å². The number of nitrogens with zero attached hydrogens (tertiary/aromatic N) is 4. The van der Waals surface area contributed by atoms with Gasteiger partial charge in [-0.2, -0.15) is 9.97 Å². The largest absolute Gasteiger partial charge is 0.463 e. The molecule has 4 heterocycles. The maximum atomic E-state index is 12.7. The van der Waals surface area contributed by atoms with Crippen LogP contribution in [0.3, 0.4) is 0 Å². The van der Waals surface area contributed by atoms with Gasteiger partial charge < -0.3 is 15.0 Å². The number of H-pyrrole nitrogens is 1. The Morgan fingerprint density at radius 1 is 0.972 bits per heavy atom. The van der Waals surface area contributed by atoms with Crippen LogP contribution in [0, 0.1) is 18.8 Å². The first-order valence-corrected chi connectivity index (χ1v) is 13.7. The fraction of sp³-hybridized carbons (Fsp3) is 0.607. The number of imidazole rings is 1. The van der Waals surface area contributed by atoms with Crippen molar-refractivity contribution in [2.75, 3.05) is 32.8 Å². The first kappa shape index (κ1) is 25.0. The van der Waals surface area contributed by atoms with Crippen molar-refractivity contribution < 1.29 is 4.74 Å². The summed E-state index contributed by atoms with van der Waals surface area (Å²) in [6, 6.07) is 9.01. The summed E-state index contributed by atoms with van der Waals surface area (Å²) in [4.78, 5) is 27.2. The molecule has 2 N–H and O–H groups in total. The Labute approximate surface area is 213 Å². The first-order chi connectivity index (χ1) is 17.6. The summed E-state index contributed by atoms with van der Waals surface area (Å²) in [5, 5.41) is 3.50. The fourth-order valence-corrected chi connectivity index (χ4v) is 5.75. The van der Waals surface area contributed by atoms with E-state index in [1.807, 2.05) is 6.92 Å². The number of benzene rings is 1. The Balaban J connectivity index is 1.21. The molecule has 0 unspecified atom stereocenters. The average Bonchev–Trinajstić information content (AvgIpc) is 3.22. The van der Waals surface area contributed by atoms with Crippen molar-refractivity contribution in [3.63, 3.8) is 0 Å². The fourth-order valence-electron chi connectivity index (χ4n) is 5.75. The molecule has 5 rings (SSSR count). The predicted octanol–water partition coefficient (Wildman–Crippen LogP) is 3.87. The van der Waals surface area contributed by atoms with Crippen LogP contribution in [-0.2, 0) is 13.1 Å². The van der Waals surface area contributed by atoms with E-state index < -0.39 is 0 Å². The van der Waals surface area contributed by atoms with Crippen LogP contribution in [0.2, 0.25) is 0 Å². The molecule has 3 aromatic rings. The lowest BCUT2D eigenvalue weighted by molar-refractivity contribution is 0.126. The van der Waals surface area contributed by atoms with Gasteiger partial charge in [0.1, 0.15) is 5.52 Å². The van der Waals surface area contributed by atoms with Crippen molar-refractivity contribution in [3.05, 3.63) is 51.6 Å². The zero-order chi connectivity index (χ0) is 24.9. The first-order valence-electron chi connectivity index (χ1n) is 13.7. The summed E-state index contributed by atoms with van der Waals surface area (Å²) in [6.07, 6.45) is 7.36. The Morgan fingerprint density at radius 2 is 1.64 bits per heavy atom. The number of aromatic amines is 1. The molecule has 8 heteroatoms. The van der Waals surface area contributed by atoms with Crippen LogP contribution in [-0.4, -0.2) is 57.2 Å². The van der Waals surface area contributed by atoms with Gasteiger partial charge in [0.2, 0.25) is 0 Å². The van der Waals surface area contributed by atoms with Crippen LogP contribution < -0.4 is 15.7 Å². The molecule has 194 valence electrons. The van der Waals surface area contributed by atoms with Gasteiger partial charge in [-0.15, -0.1) is 0 Å². The zero-order valence-corrected chi connectivity index (χ0v) is 21.8. The van der Waals surface area contributed by atoms with Crippen LogP contribution in [0.25, 0.3) is 11.2 Å². The molecular formula is C28H40N6O2. The number of aromatic nitrogens is 4. The molecule has 0 saturated carbocycles. The van der Waals surface area contributed by atoms with Crippen LogP contribution >= 0.6 is 0 Å². The van der Waals surface area contributed by atoms with Crippen LogP contribution in [0.15, 0.2) is 29.1 Å². The van der Waals surface area contributed by atoms with Gasteiger partial charge in [0.15, 0.2) is 5.65 Å². The number of ether oxygens (including phenoxy) is 1. The third-order valence-corrected chi connectivity index (χ3v) is 7.96. The SMILES string of the molecule is CCCCOc1nc(C)c2[nH]c(=O)n(Cc3ccc(CN4CCC(C5CCNCC5)CC4)cc3)c2n1. The minimum atomic E-state index is -0.172. The normalized spacial score (nSPS) is 18.2. The maximum absolute atomic E-state index is 12.7. The monoisotopic (exact) mass is 492 g/mol. The molecule has 2 aromatic heterocycles. The van der Waals surface area contributed by atoms with E-state index in [9.17, 15) is 4.79 Å². The lowest BCUT2D eigenvalue weighted by atomic mass is 9.79. The number of fused-ring (bicyclic) bond motifs is 1. The number of hydrogen-bond donors (Lipinski definition) is 2. The number of likely N-dealkylation sites (tertiary alicyclic amines) is 1. The summed E-state index contributed by atoms with van der Waals surface area (Å²) in [5.41, 5.74) is 4.23. The Hall–Kier alpha value is -2.71. The van der Waals surface area contributed by atoms with Crippen LogP contribution in [0.5, 0.6) is 6.01 Å². The number of piperidine rings is 2. The summed E-state index contributed by atoms with van der Waals surface area (Å²) < 4.78 is 7.40. The molecule has 8 nitrogen and oxygen atoms in total. The Morgan fingerprint density at radius 3 is 2.33 bits per heavy atom. The van der Waals surface area contributed by atoms with Crippen molar-refractivity contribution in [3.8, 4) is 6.01 Å². The number of hydrogen-bond acceptors (Lipinski definition) is 6. The second-order valence-electron chi connectivity index (χ2n) is 10.5. The molecule has 2 fully saturated rings. The lowest BCUT2D eigenvalue weighted by Crippen LogP contribution is -2.39. The second kappa shape index (κ2) is 11.6. The molecule has 2 saturated heterocycles. The van der Waals surface area contributed by atoms with Crippen molar-refractivity contribution in [1.29, 1.82) is 0 Å². The van der Waals surface area contributed by atoms with Gasteiger partial charge >= 0.3 is 11.7 Å². The standard InChI is InChI=1S/C28H40N6O2/c1-3-4-17-36-27-30-20(2)25-26(32-27)34(28(35)31-25)19-22-7-5-21(6-8-22)18-33-15-11-24(12-16-33)23-9-13-29-14-10-23/h5-8,23-24,29H,3-4,9-19H2,1-2H3,(H,31,35). The molecule has 0 aliphatic carbocycles. The topological polar surface area (TPSA) is 88.1 Å². The van der Waals surface area contributed by atoms with Gasteiger partial charge in [-0.3, -0.25) is 9.47 Å². The van der Waals surface area contributed by atoms with Crippen molar-refractivity contribution in [1.82, 2.24) is 29.7 Å². The van der Waals surface area contributed by atoms with Gasteiger partial charge in [-0.25, -0.2) is 4.79 Å². The van der Waals surface area contributed by atoms with Gasteiger partial charge in [0.05, 0.1) is 18.8 Å². The van der Waals surface area contributed by atoms with Crippen molar-refractivity contribution in [2.24, 2.45) is 11.8 Å².